The second kappa shape index (κ2) is 7.03. The first-order valence-corrected chi connectivity index (χ1v) is 9.29. The van der Waals surface area contributed by atoms with Crippen LogP contribution in [0.2, 0.25) is 0 Å². The molecule has 0 atom stereocenters. The first kappa shape index (κ1) is 20.0. The zero-order valence-corrected chi connectivity index (χ0v) is 17.4. The maximum Gasteiger partial charge on any atom is 0.158 e. The number of nitriles is 2. The molecule has 0 aliphatic heterocycles. The van der Waals surface area contributed by atoms with E-state index in [-0.39, 0.29) is 11.1 Å². The van der Waals surface area contributed by atoms with Crippen LogP contribution < -0.4 is 38.2 Å². The van der Waals surface area contributed by atoms with Crippen LogP contribution in [-0.4, -0.2) is 54.9 Å². The van der Waals surface area contributed by atoms with Gasteiger partial charge < -0.3 is 0 Å². The van der Waals surface area contributed by atoms with Gasteiger partial charge in [-0.05, 0) is 34.0 Å². The molecule has 0 fully saturated rings. The Bertz CT molecular complexity index is 1230. The molecule has 3 aromatic carbocycles. The molecule has 0 aliphatic rings. The van der Waals surface area contributed by atoms with Gasteiger partial charge in [0, 0.05) is 0 Å². The van der Waals surface area contributed by atoms with Gasteiger partial charge in [-0.3, -0.25) is 0 Å². The molecule has 0 saturated carbocycles. The lowest BCUT2D eigenvalue weighted by atomic mass is 9.58. The number of rotatable bonds is 1. The largest absolute Gasteiger partial charge is 0.204 e. The van der Waals surface area contributed by atoms with Gasteiger partial charge >= 0.3 is 0 Å². The van der Waals surface area contributed by atoms with Gasteiger partial charge in [0.05, 0.1) is 11.1 Å². The monoisotopic (exact) mass is 356 g/mol. The summed E-state index contributed by atoms with van der Waals surface area (Å²) in [5.74, 6) is -0.750. The van der Waals surface area contributed by atoms with Crippen molar-refractivity contribution in [2.24, 2.45) is 0 Å². The lowest BCUT2D eigenvalue weighted by Crippen LogP contribution is -2.52. The lowest BCUT2D eigenvalue weighted by molar-refractivity contribution is 0.620. The Morgan fingerprint density at radius 1 is 0.607 bits per heavy atom. The van der Waals surface area contributed by atoms with E-state index in [4.69, 9.17) is 0 Å². The maximum atomic E-state index is 14.3. The van der Waals surface area contributed by atoms with E-state index in [1.807, 2.05) is 12.1 Å². The van der Waals surface area contributed by atoms with E-state index in [1.54, 1.807) is 12.1 Å². The summed E-state index contributed by atoms with van der Waals surface area (Å²) in [4.78, 5) is 0. The highest BCUT2D eigenvalue weighted by molar-refractivity contribution is 6.71. The van der Waals surface area contributed by atoms with Crippen molar-refractivity contribution in [2.45, 2.75) is 0 Å². The molecule has 0 aliphatic carbocycles. The van der Waals surface area contributed by atoms with Crippen LogP contribution in [0.1, 0.15) is 11.1 Å². The molecular weight excluding hydrogens is 339 g/mol. The Hall–Kier alpha value is -2.72. The average molecular weight is 355 g/mol. The van der Waals surface area contributed by atoms with Gasteiger partial charge in [0.15, 0.2) is 5.82 Å². The summed E-state index contributed by atoms with van der Waals surface area (Å²) in [5.41, 5.74) is 9.93. The maximum absolute atomic E-state index is 14.3. The smallest absolute Gasteiger partial charge is 0.158 e. The van der Waals surface area contributed by atoms with E-state index < -0.39 is 5.82 Å². The summed E-state index contributed by atoms with van der Waals surface area (Å²) in [6, 6.07) is 6.92. The van der Waals surface area contributed by atoms with E-state index in [1.165, 1.54) is 38.2 Å². The van der Waals surface area contributed by atoms with Gasteiger partial charge in [-0.25, -0.2) is 4.39 Å². The van der Waals surface area contributed by atoms with E-state index >= 15 is 0 Å². The van der Waals surface area contributed by atoms with Crippen LogP contribution in [0.3, 0.4) is 0 Å². The average Bonchev–Trinajstić information content (AvgIpc) is 2.69. The summed E-state index contributed by atoms with van der Waals surface area (Å²) in [6.07, 6.45) is 0. The molecule has 0 radical (unpaired) electrons. The summed E-state index contributed by atoms with van der Waals surface area (Å²) in [5, 5.41) is 21.1. The molecule has 10 heteroatoms. The van der Waals surface area contributed by atoms with E-state index in [9.17, 15) is 14.9 Å². The molecule has 126 valence electrons. The van der Waals surface area contributed by atoms with E-state index in [2.05, 4.69) is 54.9 Å². The van der Waals surface area contributed by atoms with Crippen molar-refractivity contribution in [3.05, 3.63) is 29.1 Å². The van der Waals surface area contributed by atoms with Crippen molar-refractivity contribution in [3.63, 3.8) is 0 Å². The fraction of sp³-hybridized carbons (Fsp3) is 0. The highest BCUT2D eigenvalue weighted by Gasteiger charge is 2.20. The van der Waals surface area contributed by atoms with Crippen LogP contribution in [0, 0.1) is 28.5 Å². The van der Waals surface area contributed by atoms with Crippen LogP contribution in [0.5, 0.6) is 0 Å². The fourth-order valence-corrected chi connectivity index (χ4v) is 4.23. The first-order valence-electron chi connectivity index (χ1n) is 9.29. The summed E-state index contributed by atoms with van der Waals surface area (Å²) < 4.78 is 14.3. The predicted octanol–water partition coefficient (Wildman–Crippen LogP) is -7.80. The normalized spacial score (nSPS) is 10.5. The number of halogens is 1. The summed E-state index contributed by atoms with van der Waals surface area (Å²) in [7, 11) is 14.8. The lowest BCUT2D eigenvalue weighted by Gasteiger charge is -2.25. The van der Waals surface area contributed by atoms with Gasteiger partial charge in [-0.1, -0.05) is 21.9 Å². The number of hydrogen-bond donors (Lipinski definition) is 0. The molecule has 2 nitrogen and oxygen atoms in total. The van der Waals surface area contributed by atoms with Crippen molar-refractivity contribution in [2.75, 3.05) is 0 Å². The SMILES string of the molecule is Bc1c(B)c(B)c2c(-c3cc(C#N)c(F)c(C#N)c3)c(B)c(B)c(B)c2c1B. The molecule has 0 spiro atoms. The molecule has 28 heavy (non-hydrogen) atoms. The van der Waals surface area contributed by atoms with Crippen molar-refractivity contribution >= 4 is 104 Å². The Morgan fingerprint density at radius 2 is 1.00 bits per heavy atom. The molecule has 3 rings (SSSR count). The van der Waals surface area contributed by atoms with Crippen LogP contribution in [0.4, 0.5) is 4.39 Å². The molecule has 0 amide bonds. The Balaban J connectivity index is 2.65. The molecule has 0 N–H and O–H groups in total. The van der Waals surface area contributed by atoms with Crippen LogP contribution in [-0.2, 0) is 0 Å². The first-order chi connectivity index (χ1) is 13.1. The minimum absolute atomic E-state index is 0.0990. The van der Waals surface area contributed by atoms with Crippen LogP contribution in [0.15, 0.2) is 12.1 Å². The van der Waals surface area contributed by atoms with Gasteiger partial charge in [0.25, 0.3) is 0 Å². The third-order valence-electron chi connectivity index (χ3n) is 6.41. The molecule has 0 saturated heterocycles. The molecule has 0 bridgehead atoms. The molecule has 0 unspecified atom stereocenters. The number of hydrogen-bond acceptors (Lipinski definition) is 2. The third-order valence-corrected chi connectivity index (χ3v) is 6.41. The summed E-state index contributed by atoms with van der Waals surface area (Å²) >= 11 is 0. The number of nitrogens with zero attached hydrogens (tertiary/aromatic N) is 2. The predicted molar refractivity (Wildman–Crippen MR) is 136 cm³/mol. The second-order valence-corrected chi connectivity index (χ2v) is 7.61. The van der Waals surface area contributed by atoms with E-state index in [0.717, 1.165) is 16.4 Å². The van der Waals surface area contributed by atoms with Gasteiger partial charge in [0.2, 0.25) is 0 Å². The molecule has 3 aromatic rings. The zero-order valence-electron chi connectivity index (χ0n) is 17.4. The van der Waals surface area contributed by atoms with E-state index in [0.29, 0.717) is 5.56 Å². The Kier molecular flexibility index (Phi) is 5.03. The standard InChI is InChI=1S/C18H16B7FN2/c19-11-8(5-1-6(3-27)18(26)7(2-5)4-28)9-10(13(21)15(11)23)14(22)17(25)16(24)12(9)20/h1-2H,19-25H2. The quantitative estimate of drug-likeness (QED) is 0.408. The highest BCUT2D eigenvalue weighted by atomic mass is 19.1. The van der Waals surface area contributed by atoms with Gasteiger partial charge in [-0.15, -0.1) is 16.4 Å². The van der Waals surface area contributed by atoms with Crippen molar-refractivity contribution in [3.8, 4) is 23.3 Å². The Morgan fingerprint density at radius 3 is 1.43 bits per heavy atom. The number of fused-ring (bicyclic) bond motifs is 1. The van der Waals surface area contributed by atoms with Crippen molar-refractivity contribution < 1.29 is 4.39 Å². The second-order valence-electron chi connectivity index (χ2n) is 7.61. The third kappa shape index (κ3) is 2.71. The summed E-state index contributed by atoms with van der Waals surface area (Å²) in [6.45, 7) is 0. The minimum atomic E-state index is -0.750. The van der Waals surface area contributed by atoms with Crippen molar-refractivity contribution in [1.82, 2.24) is 0 Å². The Labute approximate surface area is 171 Å². The topological polar surface area (TPSA) is 47.6 Å². The van der Waals surface area contributed by atoms with Gasteiger partial charge in [-0.2, -0.15) is 10.5 Å². The fourth-order valence-electron chi connectivity index (χ4n) is 4.23. The highest BCUT2D eigenvalue weighted by Crippen LogP contribution is 2.27. The van der Waals surface area contributed by atoms with Gasteiger partial charge in [0.1, 0.15) is 67.1 Å². The minimum Gasteiger partial charge on any atom is -0.204 e. The molecule has 0 aromatic heterocycles. The van der Waals surface area contributed by atoms with Crippen LogP contribution in [0.25, 0.3) is 21.9 Å². The number of benzene rings is 3. The van der Waals surface area contributed by atoms with Crippen LogP contribution >= 0.6 is 0 Å². The molecular formula is C18H16B7FN2. The van der Waals surface area contributed by atoms with Crippen molar-refractivity contribution in [1.29, 1.82) is 10.5 Å². The zero-order chi connectivity index (χ0) is 20.9. The molecule has 0 heterocycles.